The molecule has 0 fully saturated rings. The molecule has 1 rings (SSSR count). The van der Waals surface area contributed by atoms with Crippen LogP contribution in [-0.4, -0.2) is 11.7 Å². The maximum Gasteiger partial charge on any atom is 0.0434 e. The Bertz CT molecular complexity index is 283. The molecule has 0 aliphatic carbocycles. The Kier molecular flexibility index (Phi) is 3.37. The van der Waals surface area contributed by atoms with E-state index in [-0.39, 0.29) is 6.61 Å². The van der Waals surface area contributed by atoms with Crippen molar-refractivity contribution in [3.05, 3.63) is 35.4 Å². The van der Waals surface area contributed by atoms with Gasteiger partial charge in [-0.15, -0.1) is 6.42 Å². The molecule has 1 aromatic rings. The van der Waals surface area contributed by atoms with Crippen LogP contribution in [0.4, 0.5) is 0 Å². The molecule has 0 amide bonds. The molecule has 0 saturated carbocycles. The van der Waals surface area contributed by atoms with E-state index in [0.717, 1.165) is 18.4 Å². The molecule has 12 heavy (non-hydrogen) atoms. The Balaban J connectivity index is 2.68. The second-order valence-corrected chi connectivity index (χ2v) is 2.67. The van der Waals surface area contributed by atoms with Gasteiger partial charge in [-0.3, -0.25) is 0 Å². The first-order chi connectivity index (χ1) is 5.86. The Morgan fingerprint density at radius 3 is 2.92 bits per heavy atom. The van der Waals surface area contributed by atoms with Crippen LogP contribution in [0.3, 0.4) is 0 Å². The SMILES string of the molecule is C#Cc1cccc(CCCO)c1. The number of aryl methyl sites for hydroxylation is 1. The summed E-state index contributed by atoms with van der Waals surface area (Å²) in [6.07, 6.45) is 6.94. The summed E-state index contributed by atoms with van der Waals surface area (Å²) in [7, 11) is 0. The van der Waals surface area contributed by atoms with E-state index in [2.05, 4.69) is 5.92 Å². The highest BCUT2D eigenvalue weighted by atomic mass is 16.2. The quantitative estimate of drug-likeness (QED) is 0.666. The van der Waals surface area contributed by atoms with E-state index in [1.54, 1.807) is 0 Å². The van der Waals surface area contributed by atoms with E-state index in [0.29, 0.717) is 0 Å². The molecule has 0 saturated heterocycles. The maximum atomic E-state index is 8.61. The van der Waals surface area contributed by atoms with E-state index >= 15 is 0 Å². The predicted molar refractivity (Wildman–Crippen MR) is 49.8 cm³/mol. The second-order valence-electron chi connectivity index (χ2n) is 2.67. The average molecular weight is 160 g/mol. The van der Waals surface area contributed by atoms with E-state index < -0.39 is 0 Å². The molecule has 0 spiro atoms. The Morgan fingerprint density at radius 2 is 2.25 bits per heavy atom. The molecule has 0 bridgehead atoms. The van der Waals surface area contributed by atoms with Gasteiger partial charge in [0.25, 0.3) is 0 Å². The van der Waals surface area contributed by atoms with Gasteiger partial charge in [0, 0.05) is 12.2 Å². The van der Waals surface area contributed by atoms with Gasteiger partial charge in [0.1, 0.15) is 0 Å². The summed E-state index contributed by atoms with van der Waals surface area (Å²) < 4.78 is 0. The minimum absolute atomic E-state index is 0.236. The van der Waals surface area contributed by atoms with Gasteiger partial charge in [-0.2, -0.15) is 0 Å². The second kappa shape index (κ2) is 4.58. The summed E-state index contributed by atoms with van der Waals surface area (Å²) in [5.41, 5.74) is 2.10. The largest absolute Gasteiger partial charge is 0.396 e. The Labute approximate surface area is 73.0 Å². The van der Waals surface area contributed by atoms with Gasteiger partial charge < -0.3 is 5.11 Å². The molecule has 0 radical (unpaired) electrons. The molecule has 1 heteroatoms. The van der Waals surface area contributed by atoms with Crippen molar-refractivity contribution >= 4 is 0 Å². The summed E-state index contributed by atoms with van der Waals surface area (Å²) in [4.78, 5) is 0. The van der Waals surface area contributed by atoms with Crippen molar-refractivity contribution in [1.82, 2.24) is 0 Å². The molecular formula is C11H12O. The summed E-state index contributed by atoms with van der Waals surface area (Å²) in [6, 6.07) is 7.86. The molecule has 1 aromatic carbocycles. The lowest BCUT2D eigenvalue weighted by Gasteiger charge is -1.99. The Hall–Kier alpha value is -1.26. The van der Waals surface area contributed by atoms with Gasteiger partial charge in [0.05, 0.1) is 0 Å². The van der Waals surface area contributed by atoms with Crippen LogP contribution in [0.15, 0.2) is 24.3 Å². The number of aliphatic hydroxyl groups is 1. The number of hydrogen-bond donors (Lipinski definition) is 1. The third-order valence-electron chi connectivity index (χ3n) is 1.72. The molecule has 0 aliphatic heterocycles. The smallest absolute Gasteiger partial charge is 0.0434 e. The van der Waals surface area contributed by atoms with Crippen LogP contribution in [-0.2, 0) is 6.42 Å². The molecular weight excluding hydrogens is 148 g/mol. The first-order valence-electron chi connectivity index (χ1n) is 4.03. The van der Waals surface area contributed by atoms with E-state index in [1.807, 2.05) is 24.3 Å². The number of aliphatic hydroxyl groups excluding tert-OH is 1. The average Bonchev–Trinajstić information content (AvgIpc) is 2.15. The fraction of sp³-hybridized carbons (Fsp3) is 0.273. The van der Waals surface area contributed by atoms with E-state index in [9.17, 15) is 0 Å². The van der Waals surface area contributed by atoms with Crippen molar-refractivity contribution in [2.24, 2.45) is 0 Å². The molecule has 0 aliphatic rings. The zero-order chi connectivity index (χ0) is 8.81. The van der Waals surface area contributed by atoms with Gasteiger partial charge in [-0.1, -0.05) is 18.1 Å². The number of hydrogen-bond acceptors (Lipinski definition) is 1. The van der Waals surface area contributed by atoms with E-state index in [1.165, 1.54) is 5.56 Å². The highest BCUT2D eigenvalue weighted by molar-refractivity contribution is 5.35. The molecule has 1 N–H and O–H groups in total. The minimum Gasteiger partial charge on any atom is -0.396 e. The fourth-order valence-corrected chi connectivity index (χ4v) is 1.10. The number of rotatable bonds is 3. The van der Waals surface area contributed by atoms with Crippen molar-refractivity contribution in [2.75, 3.05) is 6.61 Å². The summed E-state index contributed by atoms with van der Waals surface area (Å²) in [5.74, 6) is 2.58. The van der Waals surface area contributed by atoms with Crippen molar-refractivity contribution in [3.8, 4) is 12.3 Å². The van der Waals surface area contributed by atoms with Crippen LogP contribution >= 0.6 is 0 Å². The molecule has 0 heterocycles. The molecule has 0 unspecified atom stereocenters. The third kappa shape index (κ3) is 2.41. The number of benzene rings is 1. The van der Waals surface area contributed by atoms with Gasteiger partial charge in [0.2, 0.25) is 0 Å². The lowest BCUT2D eigenvalue weighted by molar-refractivity contribution is 0.288. The van der Waals surface area contributed by atoms with Gasteiger partial charge >= 0.3 is 0 Å². The fourth-order valence-electron chi connectivity index (χ4n) is 1.10. The normalized spacial score (nSPS) is 9.33. The first kappa shape index (κ1) is 8.83. The monoisotopic (exact) mass is 160 g/mol. The molecule has 0 aromatic heterocycles. The first-order valence-corrected chi connectivity index (χ1v) is 4.03. The summed E-state index contributed by atoms with van der Waals surface area (Å²) in [5, 5.41) is 8.61. The highest BCUT2D eigenvalue weighted by Gasteiger charge is 1.92. The lowest BCUT2D eigenvalue weighted by Crippen LogP contribution is -1.89. The number of terminal acetylenes is 1. The van der Waals surface area contributed by atoms with Gasteiger partial charge in [-0.25, -0.2) is 0 Å². The van der Waals surface area contributed by atoms with E-state index in [4.69, 9.17) is 11.5 Å². The van der Waals surface area contributed by atoms with Crippen LogP contribution in [0.2, 0.25) is 0 Å². The van der Waals surface area contributed by atoms with Gasteiger partial charge in [0.15, 0.2) is 0 Å². The van der Waals surface area contributed by atoms with Gasteiger partial charge in [-0.05, 0) is 30.5 Å². The molecule has 62 valence electrons. The maximum absolute atomic E-state index is 8.61. The summed E-state index contributed by atoms with van der Waals surface area (Å²) in [6.45, 7) is 0.236. The van der Waals surface area contributed by atoms with Crippen molar-refractivity contribution in [3.63, 3.8) is 0 Å². The van der Waals surface area contributed by atoms with Crippen LogP contribution in [0.1, 0.15) is 17.5 Å². The van der Waals surface area contributed by atoms with Crippen LogP contribution < -0.4 is 0 Å². The van der Waals surface area contributed by atoms with Crippen molar-refractivity contribution in [2.45, 2.75) is 12.8 Å². The standard InChI is InChI=1S/C11H12O/c1-2-10-5-3-6-11(9-10)7-4-8-12/h1,3,5-6,9,12H,4,7-8H2. The third-order valence-corrected chi connectivity index (χ3v) is 1.72. The summed E-state index contributed by atoms with van der Waals surface area (Å²) >= 11 is 0. The predicted octanol–water partition coefficient (Wildman–Crippen LogP) is 1.59. The molecule has 0 atom stereocenters. The zero-order valence-electron chi connectivity index (χ0n) is 6.96. The highest BCUT2D eigenvalue weighted by Crippen LogP contribution is 2.05. The Morgan fingerprint density at radius 1 is 1.42 bits per heavy atom. The zero-order valence-corrected chi connectivity index (χ0v) is 6.96. The van der Waals surface area contributed by atoms with Crippen LogP contribution in [0.5, 0.6) is 0 Å². The van der Waals surface area contributed by atoms with Crippen LogP contribution in [0.25, 0.3) is 0 Å². The minimum atomic E-state index is 0.236. The topological polar surface area (TPSA) is 20.2 Å². The van der Waals surface area contributed by atoms with Crippen LogP contribution in [0, 0.1) is 12.3 Å². The van der Waals surface area contributed by atoms with Crippen molar-refractivity contribution < 1.29 is 5.11 Å². The lowest BCUT2D eigenvalue weighted by atomic mass is 10.1. The van der Waals surface area contributed by atoms with Crippen molar-refractivity contribution in [1.29, 1.82) is 0 Å². The molecule has 1 nitrogen and oxygen atoms in total.